The van der Waals surface area contributed by atoms with Crippen molar-refractivity contribution in [3.63, 3.8) is 0 Å². The molecule has 1 heterocycles. The number of nitrogens with zero attached hydrogens (tertiary/aromatic N) is 1. The molecule has 0 atom stereocenters. The Morgan fingerprint density at radius 1 is 1.14 bits per heavy atom. The van der Waals surface area contributed by atoms with Gasteiger partial charge in [0.05, 0.1) is 5.60 Å². The molecule has 0 bridgehead atoms. The van der Waals surface area contributed by atoms with Crippen LogP contribution in [0.4, 0.5) is 4.39 Å². The first-order valence-electron chi connectivity index (χ1n) is 4.82. The Morgan fingerprint density at radius 3 is 2.29 bits per heavy atom. The van der Waals surface area contributed by atoms with Crippen LogP contribution in [0.15, 0.2) is 24.3 Å². The second kappa shape index (κ2) is 3.67. The summed E-state index contributed by atoms with van der Waals surface area (Å²) in [6.45, 7) is 1.38. The van der Waals surface area contributed by atoms with E-state index in [0.29, 0.717) is 25.9 Å². The van der Waals surface area contributed by atoms with E-state index in [1.807, 2.05) is 0 Å². The van der Waals surface area contributed by atoms with Gasteiger partial charge in [-0.25, -0.2) is 9.71 Å². The predicted octanol–water partition coefficient (Wildman–Crippen LogP) is 1.41. The maximum atomic E-state index is 12.7. The van der Waals surface area contributed by atoms with Crippen LogP contribution < -0.4 is 5.32 Å². The quantitative estimate of drug-likeness (QED) is 0.720. The van der Waals surface area contributed by atoms with Gasteiger partial charge >= 0.3 is 0 Å². The molecule has 1 N–H and O–H groups in total. The Bertz CT molecular complexity index is 304. The third kappa shape index (κ3) is 1.79. The zero-order valence-electron chi connectivity index (χ0n) is 7.91. The van der Waals surface area contributed by atoms with Crippen molar-refractivity contribution in [3.8, 4) is 0 Å². The first-order valence-corrected chi connectivity index (χ1v) is 4.82. The van der Waals surface area contributed by atoms with E-state index in [4.69, 9.17) is 0 Å². The predicted molar refractivity (Wildman–Crippen MR) is 51.4 cm³/mol. The summed E-state index contributed by atoms with van der Waals surface area (Å²) in [5.74, 6) is -0.266. The molecule has 1 aliphatic heterocycles. The number of halogens is 1. The van der Waals surface area contributed by atoms with Gasteiger partial charge in [-0.1, -0.05) is 12.1 Å². The minimum atomic E-state index is -0.796. The number of rotatable bonds is 1. The fourth-order valence-electron chi connectivity index (χ4n) is 1.81. The van der Waals surface area contributed by atoms with Gasteiger partial charge in [0.25, 0.3) is 0 Å². The van der Waals surface area contributed by atoms with Gasteiger partial charge in [0.15, 0.2) is 0 Å². The molecule has 1 aliphatic rings. The SMILES string of the molecule is OC1(c2ccc(F)cc2)CC[N]CC1. The Morgan fingerprint density at radius 2 is 1.71 bits per heavy atom. The molecule has 2 nitrogen and oxygen atoms in total. The van der Waals surface area contributed by atoms with E-state index < -0.39 is 5.60 Å². The van der Waals surface area contributed by atoms with Crippen LogP contribution >= 0.6 is 0 Å². The maximum absolute atomic E-state index is 12.7. The van der Waals surface area contributed by atoms with Crippen molar-refractivity contribution in [3.05, 3.63) is 35.6 Å². The van der Waals surface area contributed by atoms with Crippen LogP contribution in [0.3, 0.4) is 0 Å². The second-order valence-corrected chi connectivity index (χ2v) is 3.71. The lowest BCUT2D eigenvalue weighted by molar-refractivity contribution is 0.00509. The fraction of sp³-hybridized carbons (Fsp3) is 0.455. The molecule has 0 unspecified atom stereocenters. The third-order valence-corrected chi connectivity index (χ3v) is 2.75. The molecule has 1 saturated heterocycles. The van der Waals surface area contributed by atoms with Gasteiger partial charge < -0.3 is 5.11 Å². The van der Waals surface area contributed by atoms with Gasteiger partial charge in [-0.15, -0.1) is 0 Å². The number of aliphatic hydroxyl groups is 1. The van der Waals surface area contributed by atoms with Crippen molar-refractivity contribution < 1.29 is 9.50 Å². The van der Waals surface area contributed by atoms with Gasteiger partial charge in [0, 0.05) is 13.1 Å². The normalized spacial score (nSPS) is 20.7. The number of hydrogen-bond donors (Lipinski definition) is 1. The number of benzene rings is 1. The van der Waals surface area contributed by atoms with Gasteiger partial charge in [0.2, 0.25) is 0 Å². The Kier molecular flexibility index (Phi) is 2.52. The summed E-state index contributed by atoms with van der Waals surface area (Å²) < 4.78 is 12.7. The van der Waals surface area contributed by atoms with Crippen LogP contribution in [0.25, 0.3) is 0 Å². The van der Waals surface area contributed by atoms with E-state index in [0.717, 1.165) is 5.56 Å². The molecule has 0 saturated carbocycles. The number of piperidine rings is 1. The molecular formula is C11H13FNO. The van der Waals surface area contributed by atoms with E-state index in [9.17, 15) is 9.50 Å². The van der Waals surface area contributed by atoms with Crippen molar-refractivity contribution in [2.75, 3.05) is 13.1 Å². The molecule has 0 amide bonds. The van der Waals surface area contributed by atoms with Crippen LogP contribution in [-0.4, -0.2) is 18.2 Å². The molecular weight excluding hydrogens is 181 g/mol. The van der Waals surface area contributed by atoms with Crippen LogP contribution in [0, 0.1) is 5.82 Å². The average Bonchev–Trinajstić information content (AvgIpc) is 2.19. The van der Waals surface area contributed by atoms with E-state index >= 15 is 0 Å². The van der Waals surface area contributed by atoms with Crippen molar-refractivity contribution in [1.29, 1.82) is 0 Å². The molecule has 2 rings (SSSR count). The highest BCUT2D eigenvalue weighted by Gasteiger charge is 2.31. The Balaban J connectivity index is 2.23. The summed E-state index contributed by atoms with van der Waals surface area (Å²) in [5.41, 5.74) is 0.00363. The van der Waals surface area contributed by atoms with E-state index in [2.05, 4.69) is 5.32 Å². The highest BCUT2D eigenvalue weighted by molar-refractivity contribution is 5.23. The van der Waals surface area contributed by atoms with Crippen LogP contribution in [-0.2, 0) is 5.60 Å². The average molecular weight is 194 g/mol. The lowest BCUT2D eigenvalue weighted by Gasteiger charge is -2.32. The smallest absolute Gasteiger partial charge is 0.123 e. The first-order chi connectivity index (χ1) is 6.71. The standard InChI is InChI=1S/C11H13FNO/c12-10-3-1-9(2-4-10)11(14)5-7-13-8-6-11/h1-4,14H,5-8H2. The summed E-state index contributed by atoms with van der Waals surface area (Å²) in [6.07, 6.45) is 1.28. The molecule has 1 aromatic rings. The van der Waals surface area contributed by atoms with Gasteiger partial charge in [-0.05, 0) is 30.5 Å². The fourth-order valence-corrected chi connectivity index (χ4v) is 1.81. The maximum Gasteiger partial charge on any atom is 0.123 e. The molecule has 3 heteroatoms. The minimum Gasteiger partial charge on any atom is -0.385 e. The highest BCUT2D eigenvalue weighted by atomic mass is 19.1. The Hall–Kier alpha value is -0.930. The molecule has 0 aliphatic carbocycles. The summed E-state index contributed by atoms with van der Waals surface area (Å²) in [4.78, 5) is 0. The monoisotopic (exact) mass is 194 g/mol. The first kappa shape index (κ1) is 9.62. The van der Waals surface area contributed by atoms with Crippen molar-refractivity contribution in [2.24, 2.45) is 0 Å². The molecule has 75 valence electrons. The lowest BCUT2D eigenvalue weighted by Crippen LogP contribution is -2.36. The summed E-state index contributed by atoms with van der Waals surface area (Å²) in [5, 5.41) is 14.4. The zero-order valence-corrected chi connectivity index (χ0v) is 7.91. The molecule has 0 aromatic heterocycles. The third-order valence-electron chi connectivity index (χ3n) is 2.75. The molecule has 1 aromatic carbocycles. The van der Waals surface area contributed by atoms with E-state index in [-0.39, 0.29) is 5.82 Å². The molecule has 14 heavy (non-hydrogen) atoms. The second-order valence-electron chi connectivity index (χ2n) is 3.71. The molecule has 1 radical (unpaired) electrons. The van der Waals surface area contributed by atoms with Crippen molar-refractivity contribution >= 4 is 0 Å². The largest absolute Gasteiger partial charge is 0.385 e. The minimum absolute atomic E-state index is 0.266. The van der Waals surface area contributed by atoms with Gasteiger partial charge in [0.1, 0.15) is 5.82 Å². The van der Waals surface area contributed by atoms with Gasteiger partial charge in [-0.3, -0.25) is 0 Å². The Labute approximate surface area is 82.8 Å². The summed E-state index contributed by atoms with van der Waals surface area (Å²) in [7, 11) is 0. The summed E-state index contributed by atoms with van der Waals surface area (Å²) in [6, 6.07) is 6.08. The van der Waals surface area contributed by atoms with Crippen LogP contribution in [0.2, 0.25) is 0 Å². The molecule has 1 fully saturated rings. The zero-order chi connectivity index (χ0) is 10.0. The van der Waals surface area contributed by atoms with E-state index in [1.54, 1.807) is 12.1 Å². The van der Waals surface area contributed by atoms with Crippen LogP contribution in [0.1, 0.15) is 18.4 Å². The topological polar surface area (TPSA) is 34.3 Å². The summed E-state index contributed by atoms with van der Waals surface area (Å²) >= 11 is 0. The van der Waals surface area contributed by atoms with Crippen molar-refractivity contribution in [1.82, 2.24) is 5.32 Å². The van der Waals surface area contributed by atoms with Crippen LogP contribution in [0.5, 0.6) is 0 Å². The molecule has 0 spiro atoms. The van der Waals surface area contributed by atoms with Crippen molar-refractivity contribution in [2.45, 2.75) is 18.4 Å². The highest BCUT2D eigenvalue weighted by Crippen LogP contribution is 2.30. The van der Waals surface area contributed by atoms with E-state index in [1.165, 1.54) is 12.1 Å². The lowest BCUT2D eigenvalue weighted by atomic mass is 9.85. The van der Waals surface area contributed by atoms with Gasteiger partial charge in [-0.2, -0.15) is 0 Å². The number of hydrogen-bond acceptors (Lipinski definition) is 1.